The lowest BCUT2D eigenvalue weighted by atomic mass is 9.94. The second-order valence-corrected chi connectivity index (χ2v) is 10.8. The van der Waals surface area contributed by atoms with Crippen LogP contribution in [0.2, 0.25) is 5.02 Å². The second kappa shape index (κ2) is 14.8. The van der Waals surface area contributed by atoms with E-state index in [1.54, 1.807) is 12.1 Å². The van der Waals surface area contributed by atoms with Gasteiger partial charge in [0.15, 0.2) is 0 Å². The van der Waals surface area contributed by atoms with Gasteiger partial charge in [-0.05, 0) is 68.5 Å². The monoisotopic (exact) mass is 555 g/mol. The smallest absolute Gasteiger partial charge is 0.417 e. The summed E-state index contributed by atoms with van der Waals surface area (Å²) in [4.78, 5) is 30.4. The van der Waals surface area contributed by atoms with Crippen LogP contribution in [0, 0.1) is 0 Å². The van der Waals surface area contributed by atoms with Crippen LogP contribution in [0.15, 0.2) is 54.6 Å². The average molecular weight is 556 g/mol. The fourth-order valence-electron chi connectivity index (χ4n) is 5.65. The van der Waals surface area contributed by atoms with Gasteiger partial charge < -0.3 is 19.7 Å². The number of halogens is 1. The molecule has 0 aromatic heterocycles. The van der Waals surface area contributed by atoms with E-state index in [1.807, 2.05) is 56.3 Å². The summed E-state index contributed by atoms with van der Waals surface area (Å²) in [5, 5.41) is 4.01. The summed E-state index contributed by atoms with van der Waals surface area (Å²) < 4.78 is 11.7. The molecule has 0 aliphatic carbocycles. The topological polar surface area (TPSA) is 71.1 Å². The van der Waals surface area contributed by atoms with E-state index in [0.717, 1.165) is 63.0 Å². The Morgan fingerprint density at radius 2 is 1.64 bits per heavy atom. The summed E-state index contributed by atoms with van der Waals surface area (Å²) in [6.07, 6.45) is 4.69. The van der Waals surface area contributed by atoms with Crippen LogP contribution in [0.5, 0.6) is 0 Å². The van der Waals surface area contributed by atoms with E-state index in [0.29, 0.717) is 24.1 Å². The van der Waals surface area contributed by atoms with Crippen molar-refractivity contribution in [2.24, 2.45) is 0 Å². The van der Waals surface area contributed by atoms with Gasteiger partial charge in [0.05, 0.1) is 24.2 Å². The third-order valence-electron chi connectivity index (χ3n) is 7.73. The van der Waals surface area contributed by atoms with Crippen molar-refractivity contribution in [3.05, 3.63) is 70.7 Å². The maximum absolute atomic E-state index is 14.0. The molecule has 0 bridgehead atoms. The van der Waals surface area contributed by atoms with Crippen LogP contribution in [-0.4, -0.2) is 79.4 Å². The van der Waals surface area contributed by atoms with Gasteiger partial charge in [0, 0.05) is 24.7 Å². The maximum atomic E-state index is 14.0. The van der Waals surface area contributed by atoms with E-state index in [9.17, 15) is 9.59 Å². The van der Waals surface area contributed by atoms with E-state index >= 15 is 0 Å². The van der Waals surface area contributed by atoms with Crippen LogP contribution >= 0.6 is 11.6 Å². The molecule has 3 aliphatic rings. The zero-order valence-electron chi connectivity index (χ0n) is 23.2. The molecule has 1 N–H and O–H groups in total. The molecule has 2 aromatic carbocycles. The molecule has 3 heterocycles. The lowest BCUT2D eigenvalue weighted by Gasteiger charge is -2.37. The van der Waals surface area contributed by atoms with Gasteiger partial charge in [-0.25, -0.2) is 9.69 Å². The molecule has 7 nitrogen and oxygen atoms in total. The highest BCUT2D eigenvalue weighted by atomic mass is 35.5. The van der Waals surface area contributed by atoms with Gasteiger partial charge in [0.2, 0.25) is 5.91 Å². The number of hydrogen-bond acceptors (Lipinski definition) is 6. The van der Waals surface area contributed by atoms with Crippen molar-refractivity contribution in [1.29, 1.82) is 0 Å². The third-order valence-corrected chi connectivity index (χ3v) is 7.98. The number of ether oxygens (including phenoxy) is 2. The number of carbonyl (C=O) groups is 2. The minimum absolute atomic E-state index is 0.209. The molecule has 3 fully saturated rings. The lowest BCUT2D eigenvalue weighted by molar-refractivity contribution is -0.131. The molecule has 5 rings (SSSR count). The first-order chi connectivity index (χ1) is 19.1. The summed E-state index contributed by atoms with van der Waals surface area (Å²) in [5.41, 5.74) is 1.93. The quantitative estimate of drug-likeness (QED) is 0.478. The van der Waals surface area contributed by atoms with E-state index in [-0.39, 0.29) is 24.7 Å². The molecule has 212 valence electrons. The molecule has 0 saturated carbocycles. The highest BCUT2D eigenvalue weighted by molar-refractivity contribution is 6.30. The molecule has 3 saturated heterocycles. The highest BCUT2D eigenvalue weighted by Gasteiger charge is 2.42. The number of amides is 2. The molecule has 3 aliphatic heterocycles. The predicted molar refractivity (Wildman–Crippen MR) is 154 cm³/mol. The van der Waals surface area contributed by atoms with E-state index < -0.39 is 12.0 Å². The first-order valence-electron chi connectivity index (χ1n) is 14.4. The fourth-order valence-corrected chi connectivity index (χ4v) is 5.77. The van der Waals surface area contributed by atoms with Crippen molar-refractivity contribution < 1.29 is 19.1 Å². The molecule has 1 unspecified atom stereocenters. The number of cyclic esters (lactones) is 1. The van der Waals surface area contributed by atoms with Gasteiger partial charge in [-0.2, -0.15) is 0 Å². The Morgan fingerprint density at radius 1 is 1.00 bits per heavy atom. The molecule has 8 heteroatoms. The van der Waals surface area contributed by atoms with Crippen LogP contribution in [0.4, 0.5) is 4.79 Å². The Bertz CT molecular complexity index is 1040. The third kappa shape index (κ3) is 8.04. The van der Waals surface area contributed by atoms with Gasteiger partial charge in [0.25, 0.3) is 0 Å². The number of imide groups is 1. The van der Waals surface area contributed by atoms with E-state index in [1.165, 1.54) is 4.90 Å². The SMILES string of the molecule is CC.O=C1OCC(Cc2ccccc2)N1C(=O)[C@H](CN1CCC(OC2CCNCC2)CC1)c1ccc(Cl)cc1. The van der Waals surface area contributed by atoms with Gasteiger partial charge in [-0.1, -0.05) is 67.9 Å². The van der Waals surface area contributed by atoms with Crippen LogP contribution in [0.3, 0.4) is 0 Å². The van der Waals surface area contributed by atoms with Gasteiger partial charge in [-0.3, -0.25) is 4.79 Å². The lowest BCUT2D eigenvalue weighted by Crippen LogP contribution is -2.47. The number of carbonyl (C=O) groups excluding carboxylic acids is 2. The van der Waals surface area contributed by atoms with E-state index in [2.05, 4.69) is 10.2 Å². The number of benzene rings is 2. The molecule has 39 heavy (non-hydrogen) atoms. The van der Waals surface area contributed by atoms with Crippen molar-refractivity contribution in [1.82, 2.24) is 15.1 Å². The summed E-state index contributed by atoms with van der Waals surface area (Å²) in [6.45, 7) is 8.54. The Kier molecular flexibility index (Phi) is 11.2. The van der Waals surface area contributed by atoms with Crippen molar-refractivity contribution in [3.8, 4) is 0 Å². The average Bonchev–Trinajstić information content (AvgIpc) is 3.34. The number of nitrogens with zero attached hydrogens (tertiary/aromatic N) is 2. The van der Waals surface area contributed by atoms with E-state index in [4.69, 9.17) is 21.1 Å². The number of rotatable bonds is 8. The Labute approximate surface area is 237 Å². The van der Waals surface area contributed by atoms with Crippen LogP contribution < -0.4 is 5.32 Å². The van der Waals surface area contributed by atoms with Gasteiger partial charge in [-0.15, -0.1) is 0 Å². The molecule has 0 radical (unpaired) electrons. The number of likely N-dealkylation sites (tertiary alicyclic amines) is 1. The van der Waals surface area contributed by atoms with Gasteiger partial charge >= 0.3 is 6.09 Å². The maximum Gasteiger partial charge on any atom is 0.417 e. The molecular formula is C31H42ClN3O4. The van der Waals surface area contributed by atoms with Crippen LogP contribution in [0.25, 0.3) is 0 Å². The zero-order valence-corrected chi connectivity index (χ0v) is 23.9. The Balaban J connectivity index is 0.00000172. The first kappa shape index (κ1) is 29.5. The number of hydrogen-bond donors (Lipinski definition) is 1. The molecular weight excluding hydrogens is 514 g/mol. The van der Waals surface area contributed by atoms with Gasteiger partial charge in [0.1, 0.15) is 6.61 Å². The standard InChI is InChI=1S/C29H36ClN3O4.C2H6/c30-23-8-6-22(7-9-23)27(19-32-16-12-26(13-17-32)37-25-10-14-31-15-11-25)28(34)33-24(20-36-29(33)35)18-21-4-2-1-3-5-21;1-2/h1-9,24-27,31H,10-20H2;1-2H3/t24?,27-;/m1./s1. The predicted octanol–water partition coefficient (Wildman–Crippen LogP) is 5.27. The van der Waals surface area contributed by atoms with Crippen molar-refractivity contribution in [2.45, 2.75) is 70.1 Å². The Morgan fingerprint density at radius 3 is 2.31 bits per heavy atom. The Hall–Kier alpha value is -2.45. The number of piperidine rings is 2. The largest absolute Gasteiger partial charge is 0.447 e. The summed E-state index contributed by atoms with van der Waals surface area (Å²) >= 11 is 6.15. The summed E-state index contributed by atoms with van der Waals surface area (Å²) in [6, 6.07) is 17.0. The summed E-state index contributed by atoms with van der Waals surface area (Å²) in [5.74, 6) is -0.693. The van der Waals surface area contributed by atoms with Crippen LogP contribution in [0.1, 0.15) is 56.6 Å². The van der Waals surface area contributed by atoms with Crippen molar-refractivity contribution >= 4 is 23.6 Å². The fraction of sp³-hybridized carbons (Fsp3) is 0.548. The normalized spacial score (nSPS) is 21.7. The zero-order chi connectivity index (χ0) is 27.6. The molecule has 2 aromatic rings. The minimum Gasteiger partial charge on any atom is -0.447 e. The van der Waals surface area contributed by atoms with Crippen molar-refractivity contribution in [3.63, 3.8) is 0 Å². The highest BCUT2D eigenvalue weighted by Crippen LogP contribution is 2.28. The second-order valence-electron chi connectivity index (χ2n) is 10.3. The molecule has 0 spiro atoms. The first-order valence-corrected chi connectivity index (χ1v) is 14.8. The summed E-state index contributed by atoms with van der Waals surface area (Å²) in [7, 11) is 0. The minimum atomic E-state index is -0.557. The molecule has 2 atom stereocenters. The number of nitrogens with one attached hydrogen (secondary N) is 1. The van der Waals surface area contributed by atoms with Crippen molar-refractivity contribution in [2.75, 3.05) is 39.3 Å². The van der Waals surface area contributed by atoms with Crippen LogP contribution in [-0.2, 0) is 20.7 Å². The molecule has 2 amide bonds.